The third-order valence-electron chi connectivity index (χ3n) is 4.44. The first-order valence-corrected chi connectivity index (χ1v) is 8.72. The lowest BCUT2D eigenvalue weighted by Crippen LogP contribution is -2.32. The highest BCUT2D eigenvalue weighted by Gasteiger charge is 2.31. The van der Waals surface area contributed by atoms with Gasteiger partial charge in [-0.1, -0.05) is 6.07 Å². The number of aryl methyl sites for hydroxylation is 1. The van der Waals surface area contributed by atoms with E-state index in [9.17, 15) is 4.79 Å². The van der Waals surface area contributed by atoms with Crippen molar-refractivity contribution in [3.8, 4) is 0 Å². The molecule has 3 aromatic heterocycles. The lowest BCUT2D eigenvalue weighted by molar-refractivity contribution is -0.131. The summed E-state index contributed by atoms with van der Waals surface area (Å²) in [5, 5.41) is 2.02. The van der Waals surface area contributed by atoms with Crippen LogP contribution in [0.3, 0.4) is 0 Å². The summed E-state index contributed by atoms with van der Waals surface area (Å²) in [6.45, 7) is 2.79. The number of aromatic nitrogens is 3. The maximum atomic E-state index is 12.7. The maximum absolute atomic E-state index is 12.7. The Hall–Kier alpha value is -2.21. The van der Waals surface area contributed by atoms with Crippen molar-refractivity contribution >= 4 is 22.8 Å². The van der Waals surface area contributed by atoms with E-state index < -0.39 is 0 Å². The van der Waals surface area contributed by atoms with E-state index in [2.05, 4.69) is 9.97 Å². The fourth-order valence-electron chi connectivity index (χ4n) is 3.25. The Bertz CT molecular complexity index is 840. The van der Waals surface area contributed by atoms with Crippen LogP contribution in [0.25, 0.3) is 5.52 Å². The summed E-state index contributed by atoms with van der Waals surface area (Å²) in [6, 6.07) is 4.09. The molecule has 3 aromatic rings. The van der Waals surface area contributed by atoms with Crippen molar-refractivity contribution in [1.29, 1.82) is 0 Å². The summed E-state index contributed by atoms with van der Waals surface area (Å²) in [7, 11) is 0. The lowest BCUT2D eigenvalue weighted by Gasteiger charge is -2.24. The normalized spacial score (nSPS) is 18.0. The van der Waals surface area contributed by atoms with Crippen molar-refractivity contribution in [2.75, 3.05) is 6.54 Å². The van der Waals surface area contributed by atoms with Crippen LogP contribution in [0.2, 0.25) is 0 Å². The molecule has 1 atom stereocenters. The van der Waals surface area contributed by atoms with E-state index in [1.807, 2.05) is 52.3 Å². The van der Waals surface area contributed by atoms with Gasteiger partial charge in [0.25, 0.3) is 0 Å². The molecule has 118 valence electrons. The van der Waals surface area contributed by atoms with Crippen molar-refractivity contribution in [1.82, 2.24) is 19.3 Å². The van der Waals surface area contributed by atoms with Gasteiger partial charge >= 0.3 is 0 Å². The molecule has 6 heteroatoms. The Kier molecular flexibility index (Phi) is 3.61. The van der Waals surface area contributed by atoms with Crippen LogP contribution in [-0.4, -0.2) is 31.7 Å². The highest BCUT2D eigenvalue weighted by atomic mass is 32.1. The van der Waals surface area contributed by atoms with Gasteiger partial charge in [0.15, 0.2) is 0 Å². The molecule has 0 aliphatic carbocycles. The first kappa shape index (κ1) is 14.4. The highest BCUT2D eigenvalue weighted by molar-refractivity contribution is 7.10. The molecule has 1 saturated heterocycles. The molecule has 0 bridgehead atoms. The smallest absolute Gasteiger partial charge is 0.228 e. The number of hydrogen-bond acceptors (Lipinski definition) is 4. The molecule has 0 radical (unpaired) electrons. The Morgan fingerprint density at radius 2 is 2.26 bits per heavy atom. The summed E-state index contributed by atoms with van der Waals surface area (Å²) in [4.78, 5) is 24.7. The second-order valence-electron chi connectivity index (χ2n) is 5.91. The Balaban J connectivity index is 1.60. The first-order valence-electron chi connectivity index (χ1n) is 7.84. The molecule has 0 spiro atoms. The predicted molar refractivity (Wildman–Crippen MR) is 89.4 cm³/mol. The largest absolute Gasteiger partial charge is 0.334 e. The van der Waals surface area contributed by atoms with Gasteiger partial charge in [-0.05, 0) is 31.2 Å². The van der Waals surface area contributed by atoms with Crippen molar-refractivity contribution in [2.45, 2.75) is 32.2 Å². The molecular weight excluding hydrogens is 308 g/mol. The van der Waals surface area contributed by atoms with E-state index in [1.165, 1.54) is 0 Å². The topological polar surface area (TPSA) is 50.5 Å². The van der Waals surface area contributed by atoms with E-state index in [4.69, 9.17) is 0 Å². The van der Waals surface area contributed by atoms with Crippen LogP contribution in [0.1, 0.15) is 35.3 Å². The fourth-order valence-corrected chi connectivity index (χ4v) is 3.94. The second kappa shape index (κ2) is 5.77. The van der Waals surface area contributed by atoms with Gasteiger partial charge < -0.3 is 9.30 Å². The van der Waals surface area contributed by atoms with E-state index in [1.54, 1.807) is 11.3 Å². The van der Waals surface area contributed by atoms with Gasteiger partial charge in [-0.2, -0.15) is 0 Å². The predicted octanol–water partition coefficient (Wildman–Crippen LogP) is 3.01. The van der Waals surface area contributed by atoms with Crippen LogP contribution < -0.4 is 0 Å². The van der Waals surface area contributed by atoms with Gasteiger partial charge in [0.05, 0.1) is 36.1 Å². The standard InChI is InChI=1S/C17H18N4OS/c1-12-18-9-13-10-19-15(11-21(12)13)16-5-2-6-20(16)17(22)8-14-4-3-7-23-14/h3-4,7,9-11,16H,2,5-6,8H2,1H3/t16-/m0/s1. The summed E-state index contributed by atoms with van der Waals surface area (Å²) < 4.78 is 2.04. The van der Waals surface area contributed by atoms with E-state index in [0.29, 0.717) is 6.42 Å². The zero-order valence-corrected chi connectivity index (χ0v) is 13.8. The SMILES string of the molecule is Cc1ncc2cnc([C@@H]3CCCN3C(=O)Cc3cccs3)cn12. The molecule has 4 heterocycles. The van der Waals surface area contributed by atoms with Crippen molar-refractivity contribution < 1.29 is 4.79 Å². The van der Waals surface area contributed by atoms with Crippen LogP contribution in [0, 0.1) is 6.92 Å². The van der Waals surface area contributed by atoms with Crippen molar-refractivity contribution in [3.05, 3.63) is 52.5 Å². The Morgan fingerprint density at radius 3 is 3.09 bits per heavy atom. The number of thiophene rings is 1. The van der Waals surface area contributed by atoms with Gasteiger partial charge in [-0.15, -0.1) is 11.3 Å². The number of carbonyl (C=O) groups is 1. The molecule has 0 aromatic carbocycles. The summed E-state index contributed by atoms with van der Waals surface area (Å²) in [6.07, 6.45) is 8.18. The lowest BCUT2D eigenvalue weighted by atomic mass is 10.1. The molecule has 1 aliphatic heterocycles. The average Bonchev–Trinajstić information content (AvgIpc) is 3.28. The third kappa shape index (κ3) is 2.63. The summed E-state index contributed by atoms with van der Waals surface area (Å²) >= 11 is 1.64. The number of amides is 1. The zero-order chi connectivity index (χ0) is 15.8. The van der Waals surface area contributed by atoms with Crippen LogP contribution in [0.4, 0.5) is 0 Å². The quantitative estimate of drug-likeness (QED) is 0.743. The molecule has 0 saturated carbocycles. The Labute approximate surface area is 138 Å². The number of carbonyl (C=O) groups excluding carboxylic acids is 1. The van der Waals surface area contributed by atoms with Gasteiger partial charge in [0, 0.05) is 17.6 Å². The fraction of sp³-hybridized carbons (Fsp3) is 0.353. The molecule has 1 amide bonds. The minimum Gasteiger partial charge on any atom is -0.334 e. The molecule has 4 rings (SSSR count). The van der Waals surface area contributed by atoms with Crippen molar-refractivity contribution in [3.63, 3.8) is 0 Å². The molecule has 0 unspecified atom stereocenters. The number of nitrogens with zero attached hydrogens (tertiary/aromatic N) is 4. The van der Waals surface area contributed by atoms with E-state index in [-0.39, 0.29) is 11.9 Å². The number of likely N-dealkylation sites (tertiary alicyclic amines) is 1. The van der Waals surface area contributed by atoms with Crippen LogP contribution in [0.5, 0.6) is 0 Å². The average molecular weight is 326 g/mol. The maximum Gasteiger partial charge on any atom is 0.228 e. The first-order chi connectivity index (χ1) is 11.2. The summed E-state index contributed by atoms with van der Waals surface area (Å²) in [5.41, 5.74) is 1.94. The van der Waals surface area contributed by atoms with Gasteiger partial charge in [-0.3, -0.25) is 9.78 Å². The molecule has 0 N–H and O–H groups in total. The summed E-state index contributed by atoms with van der Waals surface area (Å²) in [5.74, 6) is 1.14. The van der Waals surface area contributed by atoms with Gasteiger partial charge in [0.1, 0.15) is 5.82 Å². The number of rotatable bonds is 3. The Morgan fingerprint density at radius 1 is 1.39 bits per heavy atom. The monoisotopic (exact) mass is 326 g/mol. The van der Waals surface area contributed by atoms with Gasteiger partial charge in [-0.25, -0.2) is 4.98 Å². The highest BCUT2D eigenvalue weighted by Crippen LogP contribution is 2.31. The number of imidazole rings is 1. The molecule has 1 aliphatic rings. The zero-order valence-electron chi connectivity index (χ0n) is 13.0. The van der Waals surface area contributed by atoms with Crippen molar-refractivity contribution in [2.24, 2.45) is 0 Å². The molecular formula is C17H18N4OS. The number of hydrogen-bond donors (Lipinski definition) is 0. The second-order valence-corrected chi connectivity index (χ2v) is 6.95. The molecule has 23 heavy (non-hydrogen) atoms. The van der Waals surface area contributed by atoms with Crippen LogP contribution in [0.15, 0.2) is 36.1 Å². The van der Waals surface area contributed by atoms with E-state index >= 15 is 0 Å². The van der Waals surface area contributed by atoms with E-state index in [0.717, 1.165) is 41.3 Å². The van der Waals surface area contributed by atoms with Gasteiger partial charge in [0.2, 0.25) is 5.91 Å². The van der Waals surface area contributed by atoms with Crippen LogP contribution >= 0.6 is 11.3 Å². The molecule has 1 fully saturated rings. The third-order valence-corrected chi connectivity index (χ3v) is 5.31. The minimum absolute atomic E-state index is 0.0775. The number of fused-ring (bicyclic) bond motifs is 1. The molecule has 5 nitrogen and oxygen atoms in total. The minimum atomic E-state index is 0.0775. The van der Waals surface area contributed by atoms with Crippen LogP contribution in [-0.2, 0) is 11.2 Å².